The lowest BCUT2D eigenvalue weighted by Crippen LogP contribution is -2.18. The van der Waals surface area contributed by atoms with Crippen molar-refractivity contribution in [3.8, 4) is 0 Å². The number of benzene rings is 3. The molecule has 0 aliphatic rings. The smallest absolute Gasteiger partial charge is 0.0474 e. The van der Waals surface area contributed by atoms with Crippen LogP contribution in [0.1, 0.15) is 24.2 Å². The van der Waals surface area contributed by atoms with E-state index in [1.807, 2.05) is 0 Å². The molecule has 1 heterocycles. The Morgan fingerprint density at radius 2 is 1.62 bits per heavy atom. The number of hydrogen-bond donors (Lipinski definition) is 2. The molecule has 0 saturated heterocycles. The SMILES string of the molecule is C[C@@H](NCc1[nH]c2ccccc2c1Br)c1cccc2ccccc12. The van der Waals surface area contributed by atoms with Crippen molar-refractivity contribution < 1.29 is 0 Å². The predicted molar refractivity (Wildman–Crippen MR) is 105 cm³/mol. The van der Waals surface area contributed by atoms with Gasteiger partial charge >= 0.3 is 0 Å². The van der Waals surface area contributed by atoms with Crippen LogP contribution in [0.2, 0.25) is 0 Å². The Kier molecular flexibility index (Phi) is 4.13. The van der Waals surface area contributed by atoms with Gasteiger partial charge in [0.05, 0.1) is 0 Å². The summed E-state index contributed by atoms with van der Waals surface area (Å²) in [6.45, 7) is 3.01. The molecule has 0 radical (unpaired) electrons. The molecule has 4 rings (SSSR count). The Balaban J connectivity index is 1.59. The van der Waals surface area contributed by atoms with Crippen molar-refractivity contribution in [2.45, 2.75) is 19.5 Å². The summed E-state index contributed by atoms with van der Waals surface area (Å²) in [5, 5.41) is 7.48. The molecular formula is C21H19BrN2. The lowest BCUT2D eigenvalue weighted by Gasteiger charge is -2.16. The molecule has 24 heavy (non-hydrogen) atoms. The van der Waals surface area contributed by atoms with Crippen LogP contribution in [-0.4, -0.2) is 4.98 Å². The van der Waals surface area contributed by atoms with Crippen molar-refractivity contribution in [1.82, 2.24) is 10.3 Å². The van der Waals surface area contributed by atoms with Crippen LogP contribution in [0.25, 0.3) is 21.7 Å². The van der Waals surface area contributed by atoms with Crippen LogP contribution >= 0.6 is 15.9 Å². The summed E-state index contributed by atoms with van der Waals surface area (Å²) in [5.41, 5.74) is 3.68. The molecule has 4 aromatic rings. The minimum atomic E-state index is 0.273. The molecule has 120 valence electrons. The van der Waals surface area contributed by atoms with E-state index in [-0.39, 0.29) is 6.04 Å². The second-order valence-electron chi connectivity index (χ2n) is 6.13. The lowest BCUT2D eigenvalue weighted by atomic mass is 10.00. The maximum Gasteiger partial charge on any atom is 0.0474 e. The van der Waals surface area contributed by atoms with E-state index in [0.717, 1.165) is 11.0 Å². The lowest BCUT2D eigenvalue weighted by molar-refractivity contribution is 0.572. The zero-order valence-electron chi connectivity index (χ0n) is 13.5. The zero-order valence-corrected chi connectivity index (χ0v) is 15.1. The standard InChI is InChI=1S/C21H19BrN2/c1-14(16-11-6-8-15-7-2-3-9-17(15)16)23-13-20-21(22)18-10-4-5-12-19(18)24-20/h2-12,14,23-24H,13H2,1H3/t14-/m1/s1. The van der Waals surface area contributed by atoms with Gasteiger partial charge in [0.2, 0.25) is 0 Å². The third-order valence-corrected chi connectivity index (χ3v) is 5.49. The van der Waals surface area contributed by atoms with E-state index >= 15 is 0 Å². The van der Waals surface area contributed by atoms with Gasteiger partial charge in [0.15, 0.2) is 0 Å². The highest BCUT2D eigenvalue weighted by Crippen LogP contribution is 2.29. The fraction of sp³-hybridized carbons (Fsp3) is 0.143. The number of fused-ring (bicyclic) bond motifs is 2. The molecule has 2 nitrogen and oxygen atoms in total. The molecule has 0 amide bonds. The van der Waals surface area contributed by atoms with E-state index in [9.17, 15) is 0 Å². The second-order valence-corrected chi connectivity index (χ2v) is 6.93. The first-order valence-corrected chi connectivity index (χ1v) is 8.99. The first-order valence-electron chi connectivity index (χ1n) is 8.20. The third kappa shape index (κ3) is 2.74. The zero-order chi connectivity index (χ0) is 16.5. The van der Waals surface area contributed by atoms with Crippen molar-refractivity contribution in [2.24, 2.45) is 0 Å². The molecular weight excluding hydrogens is 360 g/mol. The Bertz CT molecular complexity index is 998. The van der Waals surface area contributed by atoms with Crippen molar-refractivity contribution in [3.05, 3.63) is 82.5 Å². The Hall–Kier alpha value is -2.10. The summed E-state index contributed by atoms with van der Waals surface area (Å²) < 4.78 is 1.15. The summed E-state index contributed by atoms with van der Waals surface area (Å²) in [7, 11) is 0. The maximum absolute atomic E-state index is 3.73. The van der Waals surface area contributed by atoms with E-state index in [2.05, 4.69) is 99.9 Å². The number of nitrogens with one attached hydrogen (secondary N) is 2. The van der Waals surface area contributed by atoms with E-state index < -0.39 is 0 Å². The largest absolute Gasteiger partial charge is 0.356 e. The highest BCUT2D eigenvalue weighted by molar-refractivity contribution is 9.10. The molecule has 0 unspecified atom stereocenters. The summed E-state index contributed by atoms with van der Waals surface area (Å²) in [6, 6.07) is 23.7. The number of hydrogen-bond acceptors (Lipinski definition) is 1. The summed E-state index contributed by atoms with van der Waals surface area (Å²) in [4.78, 5) is 3.50. The first-order chi connectivity index (χ1) is 11.7. The number of halogens is 1. The molecule has 0 saturated carbocycles. The van der Waals surface area contributed by atoms with E-state index in [4.69, 9.17) is 0 Å². The van der Waals surface area contributed by atoms with Gasteiger partial charge < -0.3 is 10.3 Å². The Morgan fingerprint density at radius 3 is 2.46 bits per heavy atom. The molecule has 0 aliphatic carbocycles. The number of rotatable bonds is 4. The van der Waals surface area contributed by atoms with Crippen LogP contribution in [0.4, 0.5) is 0 Å². The van der Waals surface area contributed by atoms with Crippen LogP contribution in [0, 0.1) is 0 Å². The molecule has 2 N–H and O–H groups in total. The molecule has 1 aromatic heterocycles. The van der Waals surface area contributed by atoms with Gasteiger partial charge in [0.1, 0.15) is 0 Å². The number of para-hydroxylation sites is 1. The second kappa shape index (κ2) is 6.42. The fourth-order valence-corrected chi connectivity index (χ4v) is 3.86. The average Bonchev–Trinajstić information content (AvgIpc) is 2.95. The van der Waals surface area contributed by atoms with Crippen LogP contribution in [-0.2, 0) is 6.54 Å². The van der Waals surface area contributed by atoms with Gasteiger partial charge in [-0.2, -0.15) is 0 Å². The maximum atomic E-state index is 3.73. The molecule has 0 bridgehead atoms. The normalized spacial score (nSPS) is 12.8. The first kappa shape index (κ1) is 15.4. The quantitative estimate of drug-likeness (QED) is 0.452. The van der Waals surface area contributed by atoms with Crippen LogP contribution in [0.3, 0.4) is 0 Å². The average molecular weight is 379 g/mol. The fourth-order valence-electron chi connectivity index (χ4n) is 3.28. The Labute approximate surface area is 150 Å². The van der Waals surface area contributed by atoms with Gasteiger partial charge in [-0.25, -0.2) is 0 Å². The van der Waals surface area contributed by atoms with Crippen molar-refractivity contribution >= 4 is 37.6 Å². The number of H-pyrrole nitrogens is 1. The van der Waals surface area contributed by atoms with Crippen LogP contribution in [0.15, 0.2) is 71.2 Å². The minimum absolute atomic E-state index is 0.273. The summed E-state index contributed by atoms with van der Waals surface area (Å²) in [6.07, 6.45) is 0. The molecule has 3 aromatic carbocycles. The highest BCUT2D eigenvalue weighted by atomic mass is 79.9. The van der Waals surface area contributed by atoms with Crippen molar-refractivity contribution in [1.29, 1.82) is 0 Å². The highest BCUT2D eigenvalue weighted by Gasteiger charge is 2.12. The van der Waals surface area contributed by atoms with E-state index in [0.29, 0.717) is 0 Å². The van der Waals surface area contributed by atoms with Crippen LogP contribution in [0.5, 0.6) is 0 Å². The van der Waals surface area contributed by atoms with Gasteiger partial charge in [-0.3, -0.25) is 0 Å². The van der Waals surface area contributed by atoms with Crippen LogP contribution < -0.4 is 5.32 Å². The number of aromatic amines is 1. The minimum Gasteiger partial charge on any atom is -0.356 e. The van der Waals surface area contributed by atoms with E-state index in [1.165, 1.54) is 32.9 Å². The molecule has 1 atom stereocenters. The monoisotopic (exact) mass is 378 g/mol. The van der Waals surface area contributed by atoms with Gasteiger partial charge in [-0.15, -0.1) is 0 Å². The Morgan fingerprint density at radius 1 is 0.917 bits per heavy atom. The van der Waals surface area contributed by atoms with E-state index in [1.54, 1.807) is 0 Å². The summed E-state index contributed by atoms with van der Waals surface area (Å²) >= 11 is 3.73. The summed E-state index contributed by atoms with van der Waals surface area (Å²) in [5.74, 6) is 0. The van der Waals surface area contributed by atoms with Crippen molar-refractivity contribution in [2.75, 3.05) is 0 Å². The van der Waals surface area contributed by atoms with Gasteiger partial charge in [-0.1, -0.05) is 60.7 Å². The third-order valence-electron chi connectivity index (χ3n) is 4.59. The molecule has 0 spiro atoms. The van der Waals surface area contributed by atoms with Gasteiger partial charge in [-0.05, 0) is 45.3 Å². The predicted octanol–water partition coefficient (Wildman–Crippen LogP) is 5.93. The topological polar surface area (TPSA) is 27.8 Å². The molecule has 3 heteroatoms. The van der Waals surface area contributed by atoms with Gasteiger partial charge in [0.25, 0.3) is 0 Å². The molecule has 0 aliphatic heterocycles. The van der Waals surface area contributed by atoms with Gasteiger partial charge in [0, 0.05) is 33.7 Å². The molecule has 0 fully saturated rings. The van der Waals surface area contributed by atoms with Crippen molar-refractivity contribution in [3.63, 3.8) is 0 Å². The number of aromatic nitrogens is 1.